The summed E-state index contributed by atoms with van der Waals surface area (Å²) in [5.41, 5.74) is 0.912. The minimum atomic E-state index is 0.344. The van der Waals surface area contributed by atoms with Crippen LogP contribution in [-0.4, -0.2) is 56.3 Å². The van der Waals surface area contributed by atoms with Crippen molar-refractivity contribution < 1.29 is 4.74 Å². The Morgan fingerprint density at radius 1 is 1.23 bits per heavy atom. The highest BCUT2D eigenvalue weighted by Gasteiger charge is 2.43. The molecule has 1 aromatic rings. The van der Waals surface area contributed by atoms with Gasteiger partial charge >= 0.3 is 0 Å². The molecule has 0 spiro atoms. The molecule has 4 atom stereocenters. The van der Waals surface area contributed by atoms with Gasteiger partial charge in [0.1, 0.15) is 5.82 Å². The van der Waals surface area contributed by atoms with Crippen LogP contribution in [0.2, 0.25) is 5.02 Å². The highest BCUT2D eigenvalue weighted by Crippen LogP contribution is 2.40. The summed E-state index contributed by atoms with van der Waals surface area (Å²) in [6.07, 6.45) is 2.70. The van der Waals surface area contributed by atoms with Gasteiger partial charge in [0.25, 0.3) is 0 Å². The van der Waals surface area contributed by atoms with E-state index < -0.39 is 0 Å². The van der Waals surface area contributed by atoms with Crippen LogP contribution in [0.5, 0.6) is 0 Å². The third-order valence-corrected chi connectivity index (χ3v) is 5.78. The first-order valence-electron chi connectivity index (χ1n) is 8.07. The van der Waals surface area contributed by atoms with Crippen molar-refractivity contribution in [1.29, 1.82) is 0 Å². The van der Waals surface area contributed by atoms with Gasteiger partial charge in [-0.3, -0.25) is 0 Å². The zero-order chi connectivity index (χ0) is 15.9. The van der Waals surface area contributed by atoms with E-state index in [-0.39, 0.29) is 0 Å². The second kappa shape index (κ2) is 6.34. The summed E-state index contributed by atoms with van der Waals surface area (Å²) >= 11 is 6.10. The van der Waals surface area contributed by atoms with Gasteiger partial charge in [-0.05, 0) is 57.8 Å². The van der Waals surface area contributed by atoms with E-state index >= 15 is 0 Å². The number of pyridine rings is 1. The van der Waals surface area contributed by atoms with Crippen molar-refractivity contribution in [3.63, 3.8) is 0 Å². The largest absolute Gasteiger partial charge is 0.380 e. The summed E-state index contributed by atoms with van der Waals surface area (Å²) in [7, 11) is 6.17. The van der Waals surface area contributed by atoms with Crippen molar-refractivity contribution in [2.75, 3.05) is 39.2 Å². The fourth-order valence-electron chi connectivity index (χ4n) is 4.08. The van der Waals surface area contributed by atoms with E-state index in [1.54, 1.807) is 0 Å². The van der Waals surface area contributed by atoms with E-state index in [1.165, 1.54) is 6.42 Å². The third kappa shape index (κ3) is 2.97. The molecule has 0 N–H and O–H groups in total. The van der Waals surface area contributed by atoms with E-state index in [2.05, 4.69) is 28.9 Å². The number of likely N-dealkylation sites (N-methyl/N-ethyl adjacent to an activating group) is 1. The lowest BCUT2D eigenvalue weighted by Gasteiger charge is -2.40. The van der Waals surface area contributed by atoms with E-state index in [0.29, 0.717) is 18.1 Å². The summed E-state index contributed by atoms with van der Waals surface area (Å²) in [4.78, 5) is 9.40. The molecule has 122 valence electrons. The molecule has 0 unspecified atom stereocenters. The SMILES string of the molecule is CO[C@@H]1C[C@H]2CN(c3ccc(Cl)c(C)n3)C[C@H]2C[C@H]1N(C)C. The summed E-state index contributed by atoms with van der Waals surface area (Å²) in [6.45, 7) is 4.15. The lowest BCUT2D eigenvalue weighted by Crippen LogP contribution is -2.47. The first-order chi connectivity index (χ1) is 10.5. The lowest BCUT2D eigenvalue weighted by atomic mass is 9.77. The van der Waals surface area contributed by atoms with Crippen LogP contribution in [0.3, 0.4) is 0 Å². The molecule has 1 saturated carbocycles. The number of halogens is 1. The molecule has 5 heteroatoms. The van der Waals surface area contributed by atoms with E-state index in [0.717, 1.165) is 42.0 Å². The second-order valence-corrected chi connectivity index (χ2v) is 7.35. The molecular formula is C17H26ClN3O. The number of aryl methyl sites for hydroxylation is 1. The van der Waals surface area contributed by atoms with Crippen molar-refractivity contribution >= 4 is 17.4 Å². The Hall–Kier alpha value is -0.840. The summed E-state index contributed by atoms with van der Waals surface area (Å²) < 4.78 is 5.76. The van der Waals surface area contributed by atoms with Gasteiger partial charge in [-0.25, -0.2) is 4.98 Å². The molecule has 0 aromatic carbocycles. The maximum absolute atomic E-state index is 6.10. The zero-order valence-electron chi connectivity index (χ0n) is 13.9. The molecule has 2 fully saturated rings. The summed E-state index contributed by atoms with van der Waals surface area (Å²) in [5.74, 6) is 2.50. The molecule has 1 saturated heterocycles. The summed E-state index contributed by atoms with van der Waals surface area (Å²) in [5, 5.41) is 0.743. The Kier molecular flexibility index (Phi) is 4.62. The normalized spacial score (nSPS) is 31.6. The molecule has 0 amide bonds. The van der Waals surface area contributed by atoms with Crippen LogP contribution < -0.4 is 4.90 Å². The average Bonchev–Trinajstić information content (AvgIpc) is 2.91. The third-order valence-electron chi connectivity index (χ3n) is 5.38. The standard InChI is InChI=1S/C17H26ClN3O/c1-11-14(18)5-6-17(19-11)21-9-12-7-15(20(2)3)16(22-4)8-13(12)10-21/h5-6,12-13,15-16H,7-10H2,1-4H3/t12-,13+,15-,16-/m1/s1. The van der Waals surface area contributed by atoms with Gasteiger partial charge in [0, 0.05) is 26.2 Å². The van der Waals surface area contributed by atoms with E-state index in [9.17, 15) is 0 Å². The number of hydrogen-bond acceptors (Lipinski definition) is 4. The van der Waals surface area contributed by atoms with Gasteiger partial charge in [0.05, 0.1) is 16.8 Å². The molecule has 3 rings (SSSR count). The van der Waals surface area contributed by atoms with E-state index in [4.69, 9.17) is 16.3 Å². The number of ether oxygens (including phenoxy) is 1. The van der Waals surface area contributed by atoms with Crippen LogP contribution in [-0.2, 0) is 4.74 Å². The zero-order valence-corrected chi connectivity index (χ0v) is 14.7. The van der Waals surface area contributed by atoms with Gasteiger partial charge in [-0.2, -0.15) is 0 Å². The van der Waals surface area contributed by atoms with Crippen molar-refractivity contribution in [2.24, 2.45) is 11.8 Å². The maximum Gasteiger partial charge on any atom is 0.128 e. The van der Waals surface area contributed by atoms with Crippen molar-refractivity contribution in [2.45, 2.75) is 31.9 Å². The van der Waals surface area contributed by atoms with Gasteiger partial charge in [0.15, 0.2) is 0 Å². The number of fused-ring (bicyclic) bond motifs is 1. The minimum absolute atomic E-state index is 0.344. The predicted molar refractivity (Wildman–Crippen MR) is 90.7 cm³/mol. The molecule has 4 nitrogen and oxygen atoms in total. The van der Waals surface area contributed by atoms with Gasteiger partial charge in [-0.1, -0.05) is 11.6 Å². The Morgan fingerprint density at radius 2 is 1.91 bits per heavy atom. The fourth-order valence-corrected chi connectivity index (χ4v) is 4.19. The molecule has 2 aliphatic rings. The highest BCUT2D eigenvalue weighted by atomic mass is 35.5. The first-order valence-corrected chi connectivity index (χ1v) is 8.44. The second-order valence-electron chi connectivity index (χ2n) is 6.94. The predicted octanol–water partition coefficient (Wildman–Crippen LogP) is 2.83. The minimum Gasteiger partial charge on any atom is -0.380 e. The Labute approximate surface area is 138 Å². The van der Waals surface area contributed by atoms with Gasteiger partial charge < -0.3 is 14.5 Å². The van der Waals surface area contributed by atoms with Crippen LogP contribution in [0.1, 0.15) is 18.5 Å². The molecular weight excluding hydrogens is 298 g/mol. The van der Waals surface area contributed by atoms with Gasteiger partial charge in [-0.15, -0.1) is 0 Å². The van der Waals surface area contributed by atoms with Crippen LogP contribution in [0.4, 0.5) is 5.82 Å². The van der Waals surface area contributed by atoms with Crippen LogP contribution >= 0.6 is 11.6 Å². The number of nitrogens with zero attached hydrogens (tertiary/aromatic N) is 3. The quantitative estimate of drug-likeness (QED) is 0.855. The Bertz CT molecular complexity index is 537. The van der Waals surface area contributed by atoms with Crippen molar-refractivity contribution in [3.05, 3.63) is 22.8 Å². The Balaban J connectivity index is 1.74. The van der Waals surface area contributed by atoms with Crippen LogP contribution in [0.25, 0.3) is 0 Å². The maximum atomic E-state index is 6.10. The Morgan fingerprint density at radius 3 is 2.50 bits per heavy atom. The highest BCUT2D eigenvalue weighted by molar-refractivity contribution is 6.31. The van der Waals surface area contributed by atoms with Crippen molar-refractivity contribution in [3.8, 4) is 0 Å². The van der Waals surface area contributed by atoms with Crippen LogP contribution in [0, 0.1) is 18.8 Å². The molecule has 0 radical (unpaired) electrons. The topological polar surface area (TPSA) is 28.6 Å². The molecule has 0 bridgehead atoms. The summed E-state index contributed by atoms with van der Waals surface area (Å²) in [6, 6.07) is 4.53. The van der Waals surface area contributed by atoms with Gasteiger partial charge in [0.2, 0.25) is 0 Å². The number of hydrogen-bond donors (Lipinski definition) is 0. The van der Waals surface area contributed by atoms with Crippen molar-refractivity contribution in [1.82, 2.24) is 9.88 Å². The monoisotopic (exact) mass is 323 g/mol. The number of methoxy groups -OCH3 is 1. The molecule has 1 aliphatic carbocycles. The first kappa shape index (κ1) is 16.0. The molecule has 22 heavy (non-hydrogen) atoms. The number of aromatic nitrogens is 1. The average molecular weight is 324 g/mol. The lowest BCUT2D eigenvalue weighted by molar-refractivity contribution is -0.0209. The molecule has 2 heterocycles. The smallest absolute Gasteiger partial charge is 0.128 e. The molecule has 1 aliphatic heterocycles. The fraction of sp³-hybridized carbons (Fsp3) is 0.706. The van der Waals surface area contributed by atoms with E-state index in [1.807, 2.05) is 26.2 Å². The molecule has 1 aromatic heterocycles. The number of rotatable bonds is 3. The van der Waals surface area contributed by atoms with Crippen LogP contribution in [0.15, 0.2) is 12.1 Å². The number of anilines is 1.